The number of hydrogen-bond acceptors (Lipinski definition) is 4. The van der Waals surface area contributed by atoms with Gasteiger partial charge < -0.3 is 9.88 Å². The van der Waals surface area contributed by atoms with Gasteiger partial charge >= 0.3 is 6.18 Å². The molecule has 4 rings (SSSR count). The summed E-state index contributed by atoms with van der Waals surface area (Å²) in [5.74, 6) is 0.129. The molecule has 2 aromatic heterocycles. The highest BCUT2D eigenvalue weighted by Gasteiger charge is 2.32. The lowest BCUT2D eigenvalue weighted by molar-refractivity contribution is -0.137. The van der Waals surface area contributed by atoms with Crippen molar-refractivity contribution in [1.82, 2.24) is 14.9 Å². The molecular weight excluding hydrogens is 415 g/mol. The first kappa shape index (κ1) is 20.3. The molecule has 1 fully saturated rings. The van der Waals surface area contributed by atoms with Gasteiger partial charge in [0.2, 0.25) is 0 Å². The Hall–Kier alpha value is -2.94. The number of hydrogen-bond donors (Lipinski definition) is 1. The Kier molecular flexibility index (Phi) is 5.46. The second-order valence-electron chi connectivity index (χ2n) is 7.17. The van der Waals surface area contributed by atoms with E-state index in [1.54, 1.807) is 4.90 Å². The van der Waals surface area contributed by atoms with Crippen LogP contribution in [0.1, 0.15) is 40.5 Å². The standard InChI is InChI=1S/C21H18F3N3O2S/c22-21(23,24)16-3-1-2-14(10-16)20(29)27-7-4-13(5-8-27)19-25-17(11-18(28)26-19)15-6-9-30-12-15/h1-3,6,9-13H,4-5,7-8H2,(H,25,26,28). The van der Waals surface area contributed by atoms with Crippen LogP contribution in [0.15, 0.2) is 52.0 Å². The first-order valence-corrected chi connectivity index (χ1v) is 10.4. The molecule has 0 bridgehead atoms. The third kappa shape index (κ3) is 4.30. The zero-order valence-electron chi connectivity index (χ0n) is 15.8. The lowest BCUT2D eigenvalue weighted by Gasteiger charge is -2.31. The summed E-state index contributed by atoms with van der Waals surface area (Å²) in [7, 11) is 0. The second kappa shape index (κ2) is 8.06. The van der Waals surface area contributed by atoms with Gasteiger partial charge in [-0.3, -0.25) is 9.59 Å². The number of benzene rings is 1. The van der Waals surface area contributed by atoms with Crippen LogP contribution in [0.2, 0.25) is 0 Å². The van der Waals surface area contributed by atoms with Crippen LogP contribution in [-0.4, -0.2) is 33.9 Å². The predicted octanol–water partition coefficient (Wildman–Crippen LogP) is 4.54. The van der Waals surface area contributed by atoms with E-state index in [1.165, 1.54) is 29.5 Å². The van der Waals surface area contributed by atoms with Crippen molar-refractivity contribution in [3.8, 4) is 11.3 Å². The van der Waals surface area contributed by atoms with Gasteiger partial charge in [0, 0.05) is 41.6 Å². The van der Waals surface area contributed by atoms with Gasteiger partial charge in [-0.15, -0.1) is 0 Å². The van der Waals surface area contributed by atoms with E-state index in [1.807, 2.05) is 16.8 Å². The van der Waals surface area contributed by atoms with Crippen molar-refractivity contribution >= 4 is 17.2 Å². The zero-order valence-corrected chi connectivity index (χ0v) is 16.6. The third-order valence-corrected chi connectivity index (χ3v) is 5.87. The van der Waals surface area contributed by atoms with E-state index in [2.05, 4.69) is 9.97 Å². The molecule has 3 aromatic rings. The summed E-state index contributed by atoms with van der Waals surface area (Å²) in [5, 5.41) is 3.83. The molecule has 0 atom stereocenters. The molecule has 0 aliphatic carbocycles. The SMILES string of the molecule is O=C(c1cccc(C(F)(F)F)c1)N1CCC(c2nc(-c3ccsc3)cc(=O)[nH]2)CC1. The van der Waals surface area contributed by atoms with Crippen LogP contribution in [0.5, 0.6) is 0 Å². The highest BCUT2D eigenvalue weighted by atomic mass is 32.1. The number of nitrogens with one attached hydrogen (secondary N) is 1. The number of carbonyl (C=O) groups is 1. The summed E-state index contributed by atoms with van der Waals surface area (Å²) in [6, 6.07) is 7.83. The van der Waals surface area contributed by atoms with Crippen LogP contribution in [0.25, 0.3) is 11.3 Å². The summed E-state index contributed by atoms with van der Waals surface area (Å²) in [5.41, 5.74) is 0.440. The number of carbonyl (C=O) groups excluding carboxylic acids is 1. The van der Waals surface area contributed by atoms with Crippen molar-refractivity contribution in [3.05, 3.63) is 74.5 Å². The fourth-order valence-corrected chi connectivity index (χ4v) is 4.24. The molecule has 1 saturated heterocycles. The maximum atomic E-state index is 12.9. The van der Waals surface area contributed by atoms with Crippen LogP contribution in [-0.2, 0) is 6.18 Å². The first-order valence-electron chi connectivity index (χ1n) is 9.41. The first-order chi connectivity index (χ1) is 14.3. The predicted molar refractivity (Wildman–Crippen MR) is 107 cm³/mol. The molecule has 1 aliphatic rings. The molecule has 1 N–H and O–H groups in total. The van der Waals surface area contributed by atoms with Gasteiger partial charge in [0.1, 0.15) is 5.82 Å². The maximum Gasteiger partial charge on any atom is 0.416 e. The number of halogens is 3. The van der Waals surface area contributed by atoms with E-state index in [4.69, 9.17) is 0 Å². The number of nitrogens with zero attached hydrogens (tertiary/aromatic N) is 2. The van der Waals surface area contributed by atoms with Gasteiger partial charge in [-0.2, -0.15) is 24.5 Å². The third-order valence-electron chi connectivity index (χ3n) is 5.18. The largest absolute Gasteiger partial charge is 0.416 e. The van der Waals surface area contributed by atoms with E-state index in [9.17, 15) is 22.8 Å². The number of thiophene rings is 1. The van der Waals surface area contributed by atoms with E-state index in [0.29, 0.717) is 37.4 Å². The molecule has 3 heterocycles. The molecule has 0 spiro atoms. The van der Waals surface area contributed by atoms with Crippen molar-refractivity contribution in [1.29, 1.82) is 0 Å². The Labute approximate surface area is 174 Å². The van der Waals surface area contributed by atoms with Crippen LogP contribution in [0.4, 0.5) is 13.2 Å². The minimum Gasteiger partial charge on any atom is -0.339 e. The quantitative estimate of drug-likeness (QED) is 0.660. The minimum absolute atomic E-state index is 0.0225. The minimum atomic E-state index is -4.49. The fourth-order valence-electron chi connectivity index (χ4n) is 3.60. The molecule has 1 aliphatic heterocycles. The highest BCUT2D eigenvalue weighted by Crippen LogP contribution is 2.31. The Balaban J connectivity index is 1.47. The van der Waals surface area contributed by atoms with Crippen LogP contribution in [0, 0.1) is 0 Å². The van der Waals surface area contributed by atoms with E-state index >= 15 is 0 Å². The van der Waals surface area contributed by atoms with Crippen molar-refractivity contribution in [2.45, 2.75) is 24.9 Å². The number of aromatic amines is 1. The summed E-state index contributed by atoms with van der Waals surface area (Å²) in [6.45, 7) is 0.762. The summed E-state index contributed by atoms with van der Waals surface area (Å²) in [4.78, 5) is 33.7. The Morgan fingerprint density at radius 1 is 1.17 bits per heavy atom. The van der Waals surface area contributed by atoms with E-state index in [0.717, 1.165) is 17.7 Å². The zero-order chi connectivity index (χ0) is 21.3. The van der Waals surface area contributed by atoms with Crippen molar-refractivity contribution in [3.63, 3.8) is 0 Å². The van der Waals surface area contributed by atoms with Gasteiger partial charge in [-0.25, -0.2) is 4.98 Å². The van der Waals surface area contributed by atoms with Crippen molar-refractivity contribution in [2.75, 3.05) is 13.1 Å². The van der Waals surface area contributed by atoms with E-state index < -0.39 is 17.6 Å². The molecule has 1 aromatic carbocycles. The fraction of sp³-hybridized carbons (Fsp3) is 0.286. The van der Waals surface area contributed by atoms with Crippen LogP contribution >= 0.6 is 11.3 Å². The molecule has 30 heavy (non-hydrogen) atoms. The lowest BCUT2D eigenvalue weighted by atomic mass is 9.95. The average molecular weight is 433 g/mol. The van der Waals surface area contributed by atoms with Crippen molar-refractivity contribution in [2.24, 2.45) is 0 Å². The number of alkyl halides is 3. The Morgan fingerprint density at radius 2 is 1.93 bits per heavy atom. The smallest absolute Gasteiger partial charge is 0.339 e. The number of aromatic nitrogens is 2. The second-order valence-corrected chi connectivity index (χ2v) is 7.95. The molecule has 0 unspecified atom stereocenters. The summed E-state index contributed by atoms with van der Waals surface area (Å²) >= 11 is 1.52. The van der Waals surface area contributed by atoms with Gasteiger partial charge in [0.05, 0.1) is 11.3 Å². The topological polar surface area (TPSA) is 66.1 Å². The van der Waals surface area contributed by atoms with Crippen LogP contribution in [0.3, 0.4) is 0 Å². The molecule has 5 nitrogen and oxygen atoms in total. The molecular formula is C21H18F3N3O2S. The number of rotatable bonds is 3. The number of amides is 1. The van der Waals surface area contributed by atoms with Gasteiger partial charge in [0.25, 0.3) is 11.5 Å². The molecule has 1 amide bonds. The lowest BCUT2D eigenvalue weighted by Crippen LogP contribution is -2.38. The summed E-state index contributed by atoms with van der Waals surface area (Å²) < 4.78 is 38.8. The Bertz CT molecular complexity index is 1100. The number of H-pyrrole nitrogens is 1. The average Bonchev–Trinajstić information content (AvgIpc) is 3.27. The summed E-state index contributed by atoms with van der Waals surface area (Å²) in [6.07, 6.45) is -3.35. The Morgan fingerprint density at radius 3 is 2.60 bits per heavy atom. The molecule has 0 saturated carbocycles. The molecule has 9 heteroatoms. The monoisotopic (exact) mass is 433 g/mol. The molecule has 156 valence electrons. The highest BCUT2D eigenvalue weighted by molar-refractivity contribution is 7.08. The maximum absolute atomic E-state index is 12.9. The van der Waals surface area contributed by atoms with E-state index in [-0.39, 0.29) is 17.0 Å². The van der Waals surface area contributed by atoms with Crippen molar-refractivity contribution < 1.29 is 18.0 Å². The molecule has 0 radical (unpaired) electrons. The number of piperidine rings is 1. The van der Waals surface area contributed by atoms with Gasteiger partial charge in [-0.05, 0) is 42.5 Å². The van der Waals surface area contributed by atoms with Gasteiger partial charge in [0.15, 0.2) is 0 Å². The van der Waals surface area contributed by atoms with Gasteiger partial charge in [-0.1, -0.05) is 6.07 Å². The number of likely N-dealkylation sites (tertiary alicyclic amines) is 1. The normalized spacial score (nSPS) is 15.4. The van der Waals surface area contributed by atoms with Crippen LogP contribution < -0.4 is 5.56 Å².